The molecule has 1 fully saturated rings. The molecule has 1 N–H and O–H groups in total. The van der Waals surface area contributed by atoms with E-state index in [4.69, 9.17) is 4.74 Å². The van der Waals surface area contributed by atoms with Crippen LogP contribution in [0.15, 0.2) is 35.8 Å². The van der Waals surface area contributed by atoms with Crippen molar-refractivity contribution in [2.75, 3.05) is 19.7 Å². The van der Waals surface area contributed by atoms with E-state index in [0.29, 0.717) is 19.7 Å². The van der Waals surface area contributed by atoms with Crippen molar-refractivity contribution in [3.63, 3.8) is 0 Å². The number of thiazole rings is 1. The summed E-state index contributed by atoms with van der Waals surface area (Å²) in [5.41, 5.74) is 2.35. The lowest BCUT2D eigenvalue weighted by Crippen LogP contribution is -2.50. The number of nitrogens with zero attached hydrogens (tertiary/aromatic N) is 2. The van der Waals surface area contributed by atoms with Crippen molar-refractivity contribution in [3.8, 4) is 0 Å². The average Bonchev–Trinajstić information content (AvgIpc) is 3.15. The van der Waals surface area contributed by atoms with Crippen LogP contribution in [-0.4, -0.2) is 41.5 Å². The highest BCUT2D eigenvalue weighted by Gasteiger charge is 2.29. The molecule has 24 heavy (non-hydrogen) atoms. The molecule has 1 saturated heterocycles. The summed E-state index contributed by atoms with van der Waals surface area (Å²) in [4.78, 5) is 19.0. The summed E-state index contributed by atoms with van der Waals surface area (Å²) >= 11 is 1.60. The van der Waals surface area contributed by atoms with Crippen LogP contribution in [0.1, 0.15) is 29.2 Å². The lowest BCUT2D eigenvalue weighted by atomic mass is 10.1. The number of hydrogen-bond donors (Lipinski definition) is 1. The van der Waals surface area contributed by atoms with Gasteiger partial charge in [0.1, 0.15) is 11.1 Å². The number of aromatic nitrogens is 1. The maximum atomic E-state index is 12.5. The molecule has 2 heterocycles. The van der Waals surface area contributed by atoms with Crippen LogP contribution < -0.4 is 5.32 Å². The number of rotatable bonds is 5. The number of ether oxygens (including phenoxy) is 1. The van der Waals surface area contributed by atoms with E-state index >= 15 is 0 Å². The molecule has 128 valence electrons. The number of benzene rings is 1. The fraction of sp³-hybridized carbons (Fsp3) is 0.444. The Morgan fingerprint density at radius 3 is 3.08 bits per heavy atom. The monoisotopic (exact) mass is 345 g/mol. The number of carbonyl (C=O) groups excluding carboxylic acids is 1. The van der Waals surface area contributed by atoms with Gasteiger partial charge in [-0.1, -0.05) is 24.3 Å². The Morgan fingerprint density at radius 2 is 2.33 bits per heavy atom. The highest BCUT2D eigenvalue weighted by atomic mass is 32.1. The molecule has 2 aromatic rings. The second kappa shape index (κ2) is 7.88. The van der Waals surface area contributed by atoms with Crippen molar-refractivity contribution < 1.29 is 9.53 Å². The van der Waals surface area contributed by atoms with E-state index in [9.17, 15) is 4.79 Å². The van der Waals surface area contributed by atoms with Crippen molar-refractivity contribution in [2.45, 2.75) is 32.5 Å². The minimum absolute atomic E-state index is 0.0367. The summed E-state index contributed by atoms with van der Waals surface area (Å²) in [6, 6.07) is 7.94. The zero-order chi connectivity index (χ0) is 16.9. The molecule has 3 rings (SSSR count). The van der Waals surface area contributed by atoms with E-state index in [1.54, 1.807) is 17.5 Å². The van der Waals surface area contributed by atoms with Crippen LogP contribution in [0.25, 0.3) is 0 Å². The topological polar surface area (TPSA) is 54.5 Å². The predicted molar refractivity (Wildman–Crippen MR) is 94.9 cm³/mol. The quantitative estimate of drug-likeness (QED) is 0.905. The number of carbonyl (C=O) groups is 1. The van der Waals surface area contributed by atoms with Crippen molar-refractivity contribution >= 4 is 17.2 Å². The van der Waals surface area contributed by atoms with E-state index in [-0.39, 0.29) is 18.1 Å². The molecular formula is C18H23N3O2S. The standard InChI is InChI=1S/C18H23N3O2S/c1-13-5-3-4-6-15(13)11-20-17(22)14(2)21-8-9-23-16(12-21)18-19-7-10-24-18/h3-7,10,14,16H,8-9,11-12H2,1-2H3,(H,20,22)/t14-,16+/m1/s1. The van der Waals surface area contributed by atoms with Crippen LogP contribution in [-0.2, 0) is 16.1 Å². The third-order valence-electron chi connectivity index (χ3n) is 4.47. The summed E-state index contributed by atoms with van der Waals surface area (Å²) < 4.78 is 5.80. The third-order valence-corrected chi connectivity index (χ3v) is 5.33. The SMILES string of the molecule is Cc1ccccc1CNC(=O)[C@@H](C)N1CCO[C@H](c2nccs2)C1. The minimum Gasteiger partial charge on any atom is -0.368 e. The average molecular weight is 345 g/mol. The Balaban J connectivity index is 1.56. The maximum Gasteiger partial charge on any atom is 0.237 e. The summed E-state index contributed by atoms with van der Waals surface area (Å²) in [7, 11) is 0. The van der Waals surface area contributed by atoms with Gasteiger partial charge in [-0.2, -0.15) is 0 Å². The summed E-state index contributed by atoms with van der Waals surface area (Å²) in [6.45, 7) is 6.67. The van der Waals surface area contributed by atoms with Crippen LogP contribution in [0.4, 0.5) is 0 Å². The molecule has 1 amide bonds. The van der Waals surface area contributed by atoms with Gasteiger partial charge in [-0.15, -0.1) is 11.3 Å². The van der Waals surface area contributed by atoms with E-state index in [1.165, 1.54) is 5.56 Å². The Hall–Kier alpha value is -1.76. The number of nitrogens with one attached hydrogen (secondary N) is 1. The zero-order valence-electron chi connectivity index (χ0n) is 14.1. The van der Waals surface area contributed by atoms with Crippen molar-refractivity contribution in [3.05, 3.63) is 52.0 Å². The van der Waals surface area contributed by atoms with Gasteiger partial charge in [0.05, 0.1) is 12.6 Å². The molecule has 1 aliphatic rings. The lowest BCUT2D eigenvalue weighted by Gasteiger charge is -2.35. The van der Waals surface area contributed by atoms with Gasteiger partial charge in [0, 0.05) is 31.2 Å². The molecule has 0 aliphatic carbocycles. The lowest BCUT2D eigenvalue weighted by molar-refractivity contribution is -0.129. The van der Waals surface area contributed by atoms with E-state index in [1.807, 2.05) is 30.5 Å². The molecule has 5 nitrogen and oxygen atoms in total. The molecule has 0 radical (unpaired) electrons. The van der Waals surface area contributed by atoms with Crippen LogP contribution in [0.3, 0.4) is 0 Å². The Kier molecular flexibility index (Phi) is 5.60. The molecule has 1 aromatic carbocycles. The van der Waals surface area contributed by atoms with E-state index in [0.717, 1.165) is 17.1 Å². The Bertz CT molecular complexity index is 675. The van der Waals surface area contributed by atoms with Gasteiger partial charge in [0.25, 0.3) is 0 Å². The number of aryl methyl sites for hydroxylation is 1. The molecule has 1 aromatic heterocycles. The van der Waals surface area contributed by atoms with Crippen molar-refractivity contribution in [2.24, 2.45) is 0 Å². The fourth-order valence-corrected chi connectivity index (χ4v) is 3.55. The molecule has 1 aliphatic heterocycles. The zero-order valence-corrected chi connectivity index (χ0v) is 14.9. The van der Waals surface area contributed by atoms with Crippen molar-refractivity contribution in [1.29, 1.82) is 0 Å². The summed E-state index contributed by atoms with van der Waals surface area (Å²) in [6.07, 6.45) is 1.76. The first-order chi connectivity index (χ1) is 11.6. The van der Waals surface area contributed by atoms with Crippen LogP contribution >= 0.6 is 11.3 Å². The van der Waals surface area contributed by atoms with Gasteiger partial charge in [0.2, 0.25) is 5.91 Å². The van der Waals surface area contributed by atoms with Crippen LogP contribution in [0.5, 0.6) is 0 Å². The van der Waals surface area contributed by atoms with Gasteiger partial charge >= 0.3 is 0 Å². The van der Waals surface area contributed by atoms with Crippen molar-refractivity contribution in [1.82, 2.24) is 15.2 Å². The molecule has 6 heteroatoms. The summed E-state index contributed by atoms with van der Waals surface area (Å²) in [5.74, 6) is 0.0537. The van der Waals surface area contributed by atoms with Gasteiger partial charge in [-0.05, 0) is 25.0 Å². The van der Waals surface area contributed by atoms with Gasteiger partial charge in [-0.25, -0.2) is 4.98 Å². The van der Waals surface area contributed by atoms with Gasteiger partial charge in [-0.3, -0.25) is 9.69 Å². The normalized spacial score (nSPS) is 19.8. The largest absolute Gasteiger partial charge is 0.368 e. The predicted octanol–water partition coefficient (Wildman–Crippen LogP) is 2.53. The minimum atomic E-state index is -0.180. The van der Waals surface area contributed by atoms with Crippen LogP contribution in [0.2, 0.25) is 0 Å². The number of hydrogen-bond acceptors (Lipinski definition) is 5. The molecule has 0 unspecified atom stereocenters. The second-order valence-electron chi connectivity index (χ2n) is 6.04. The first kappa shape index (κ1) is 17.1. The first-order valence-electron chi connectivity index (χ1n) is 8.22. The third kappa shape index (κ3) is 4.01. The Morgan fingerprint density at radius 1 is 1.50 bits per heavy atom. The molecule has 0 spiro atoms. The Labute approximate surface area is 146 Å². The number of amides is 1. The molecule has 2 atom stereocenters. The van der Waals surface area contributed by atoms with Gasteiger partial charge in [0.15, 0.2) is 0 Å². The number of morpholine rings is 1. The molecular weight excluding hydrogens is 322 g/mol. The highest BCUT2D eigenvalue weighted by molar-refractivity contribution is 7.09. The highest BCUT2D eigenvalue weighted by Crippen LogP contribution is 2.24. The molecule has 0 bridgehead atoms. The smallest absolute Gasteiger partial charge is 0.237 e. The molecule has 0 saturated carbocycles. The van der Waals surface area contributed by atoms with Gasteiger partial charge < -0.3 is 10.1 Å². The van der Waals surface area contributed by atoms with Crippen LogP contribution in [0, 0.1) is 6.92 Å². The first-order valence-corrected chi connectivity index (χ1v) is 9.10. The summed E-state index contributed by atoms with van der Waals surface area (Å²) in [5, 5.41) is 5.99. The van der Waals surface area contributed by atoms with E-state index in [2.05, 4.69) is 28.2 Å². The fourth-order valence-electron chi connectivity index (χ4n) is 2.87. The van der Waals surface area contributed by atoms with E-state index < -0.39 is 0 Å². The second-order valence-corrected chi connectivity index (χ2v) is 6.97. The maximum absolute atomic E-state index is 12.5.